The van der Waals surface area contributed by atoms with E-state index >= 15 is 0 Å². The van der Waals surface area contributed by atoms with Gasteiger partial charge < -0.3 is 0 Å². The maximum atomic E-state index is 14.7. The number of halogens is 3. The van der Waals surface area contributed by atoms with Crippen LogP contribution in [0.15, 0.2) is 0 Å². The first-order valence-corrected chi connectivity index (χ1v) is 6.38. The van der Waals surface area contributed by atoms with E-state index in [4.69, 9.17) is 11.6 Å². The highest BCUT2D eigenvalue weighted by Crippen LogP contribution is 2.51. The van der Waals surface area contributed by atoms with Gasteiger partial charge >= 0.3 is 0 Å². The quantitative estimate of drug-likeness (QED) is 0.625. The van der Waals surface area contributed by atoms with E-state index < -0.39 is 11.8 Å². The van der Waals surface area contributed by atoms with Crippen molar-refractivity contribution in [1.29, 1.82) is 0 Å². The van der Waals surface area contributed by atoms with Crippen molar-refractivity contribution in [3.63, 3.8) is 0 Å². The Hall–Kier alpha value is 0.150. The second-order valence-corrected chi connectivity index (χ2v) is 5.32. The van der Waals surface area contributed by atoms with E-state index in [1.54, 1.807) is 0 Å². The predicted octanol–water partition coefficient (Wildman–Crippen LogP) is 4.57. The van der Waals surface area contributed by atoms with Crippen LogP contribution in [0.3, 0.4) is 0 Å². The van der Waals surface area contributed by atoms with Gasteiger partial charge in [0.15, 0.2) is 5.67 Å². The predicted molar refractivity (Wildman–Crippen MR) is 58.3 cm³/mol. The van der Waals surface area contributed by atoms with Gasteiger partial charge in [-0.2, -0.15) is 0 Å². The summed E-state index contributed by atoms with van der Waals surface area (Å²) in [5.41, 5.74) is -1.82. The summed E-state index contributed by atoms with van der Waals surface area (Å²) in [5, 5.41) is 0.244. The smallest absolute Gasteiger partial charge is 0.165 e. The highest BCUT2D eigenvalue weighted by molar-refractivity contribution is 6.28. The van der Waals surface area contributed by atoms with E-state index in [2.05, 4.69) is 0 Å². The Balaban J connectivity index is 2.12. The van der Waals surface area contributed by atoms with Gasteiger partial charge in [-0.05, 0) is 38.0 Å². The van der Waals surface area contributed by atoms with E-state index in [1.165, 1.54) is 0 Å². The minimum atomic E-state index is -1.82. The maximum Gasteiger partial charge on any atom is 0.165 e. The van der Waals surface area contributed by atoms with Crippen LogP contribution in [0.2, 0.25) is 0 Å². The Kier molecular flexibility index (Phi) is 3.54. The molecule has 0 amide bonds. The van der Waals surface area contributed by atoms with Gasteiger partial charge in [0.2, 0.25) is 0 Å². The van der Waals surface area contributed by atoms with Crippen LogP contribution in [0.1, 0.15) is 51.4 Å². The van der Waals surface area contributed by atoms with Crippen molar-refractivity contribution in [2.45, 2.75) is 63.2 Å². The molecule has 2 aliphatic rings. The number of hydrogen-bond donors (Lipinski definition) is 0. The first kappa shape index (κ1) is 11.6. The molecule has 0 bridgehead atoms. The number of hydrogen-bond acceptors (Lipinski definition) is 0. The summed E-state index contributed by atoms with van der Waals surface area (Å²) in [6.45, 7) is 0. The van der Waals surface area contributed by atoms with Crippen molar-refractivity contribution in [1.82, 2.24) is 0 Å². The first-order chi connectivity index (χ1) is 7.15. The molecule has 0 aliphatic heterocycles. The molecular formula is C12H18ClF2. The highest BCUT2D eigenvalue weighted by Gasteiger charge is 2.54. The highest BCUT2D eigenvalue weighted by atomic mass is 35.5. The molecule has 2 saturated carbocycles. The molecule has 0 nitrogen and oxygen atoms in total. The lowest BCUT2D eigenvalue weighted by Crippen LogP contribution is -2.49. The summed E-state index contributed by atoms with van der Waals surface area (Å²) in [6.07, 6.45) is 5.00. The van der Waals surface area contributed by atoms with Crippen molar-refractivity contribution in [3.8, 4) is 0 Å². The molecule has 0 N–H and O–H groups in total. The average molecular weight is 236 g/mol. The summed E-state index contributed by atoms with van der Waals surface area (Å²) >= 11 is 5.95. The standard InChI is InChI=1S/C12H18ClF2/c13-10-7-4-8-11(14)12(10,15)9-5-2-1-3-6-9/h9,11H,1-8H2. The number of alkyl halides is 2. The van der Waals surface area contributed by atoms with Gasteiger partial charge in [0.05, 0.1) is 0 Å². The molecule has 0 saturated heterocycles. The summed E-state index contributed by atoms with van der Waals surface area (Å²) in [7, 11) is 0. The van der Waals surface area contributed by atoms with Crippen molar-refractivity contribution >= 4 is 11.6 Å². The fourth-order valence-electron chi connectivity index (χ4n) is 3.01. The largest absolute Gasteiger partial charge is 0.244 e. The molecule has 0 aromatic rings. The van der Waals surface area contributed by atoms with Crippen LogP contribution in [0.5, 0.6) is 0 Å². The molecule has 3 heteroatoms. The third-order valence-electron chi connectivity index (χ3n) is 3.92. The van der Waals surface area contributed by atoms with E-state index in [-0.39, 0.29) is 11.3 Å². The van der Waals surface area contributed by atoms with E-state index in [0.29, 0.717) is 19.3 Å². The van der Waals surface area contributed by atoms with Crippen LogP contribution in [0.25, 0.3) is 0 Å². The lowest BCUT2D eigenvalue weighted by atomic mass is 9.70. The van der Waals surface area contributed by atoms with Crippen LogP contribution in [0, 0.1) is 11.3 Å². The lowest BCUT2D eigenvalue weighted by molar-refractivity contribution is -0.0189. The molecule has 15 heavy (non-hydrogen) atoms. The minimum absolute atomic E-state index is 0.172. The van der Waals surface area contributed by atoms with Gasteiger partial charge in [-0.3, -0.25) is 0 Å². The van der Waals surface area contributed by atoms with Gasteiger partial charge in [0, 0.05) is 0 Å². The fraction of sp³-hybridized carbons (Fsp3) is 0.917. The van der Waals surface area contributed by atoms with Crippen molar-refractivity contribution in [2.75, 3.05) is 0 Å². The van der Waals surface area contributed by atoms with Gasteiger partial charge in [-0.1, -0.05) is 19.3 Å². The normalized spacial score (nSPS) is 40.6. The van der Waals surface area contributed by atoms with Gasteiger partial charge in [-0.25, -0.2) is 8.78 Å². The molecule has 0 spiro atoms. The van der Waals surface area contributed by atoms with E-state index in [9.17, 15) is 8.78 Å². The van der Waals surface area contributed by atoms with E-state index in [1.807, 2.05) is 0 Å². The zero-order valence-corrected chi connectivity index (χ0v) is 9.70. The fourth-order valence-corrected chi connectivity index (χ4v) is 3.41. The average Bonchev–Trinajstić information content (AvgIpc) is 2.27. The topological polar surface area (TPSA) is 0 Å². The molecule has 2 aliphatic carbocycles. The van der Waals surface area contributed by atoms with Crippen LogP contribution >= 0.6 is 11.6 Å². The zero-order chi connectivity index (χ0) is 10.9. The van der Waals surface area contributed by atoms with E-state index in [0.717, 1.165) is 32.1 Å². The molecule has 2 rings (SSSR count). The van der Waals surface area contributed by atoms with Crippen LogP contribution < -0.4 is 0 Å². The van der Waals surface area contributed by atoms with Gasteiger partial charge in [-0.15, -0.1) is 11.6 Å². The first-order valence-electron chi connectivity index (χ1n) is 6.00. The molecule has 2 atom stereocenters. The Morgan fingerprint density at radius 3 is 2.33 bits per heavy atom. The molecule has 2 unspecified atom stereocenters. The number of rotatable bonds is 1. The lowest BCUT2D eigenvalue weighted by Gasteiger charge is -2.43. The molecule has 87 valence electrons. The Bertz CT molecular complexity index is 204. The zero-order valence-electron chi connectivity index (χ0n) is 8.95. The van der Waals surface area contributed by atoms with Crippen molar-refractivity contribution in [2.24, 2.45) is 5.92 Å². The maximum absolute atomic E-state index is 14.7. The molecule has 0 heterocycles. The van der Waals surface area contributed by atoms with Crippen molar-refractivity contribution < 1.29 is 8.78 Å². The second kappa shape index (κ2) is 4.57. The third kappa shape index (κ3) is 2.02. The Labute approximate surface area is 95.4 Å². The van der Waals surface area contributed by atoms with Crippen molar-refractivity contribution in [3.05, 3.63) is 5.38 Å². The molecular weight excluding hydrogens is 218 g/mol. The molecule has 0 aromatic heterocycles. The summed E-state index contributed by atoms with van der Waals surface area (Å²) in [6, 6.07) is 0. The molecule has 2 fully saturated rings. The SMILES string of the molecule is FC1CCC[C](Cl)C1(F)C1CCCCC1. The Morgan fingerprint density at radius 2 is 1.73 bits per heavy atom. The monoisotopic (exact) mass is 235 g/mol. The third-order valence-corrected chi connectivity index (χ3v) is 4.40. The van der Waals surface area contributed by atoms with Gasteiger partial charge in [0.1, 0.15) is 11.5 Å². The second-order valence-electron chi connectivity index (χ2n) is 4.87. The van der Waals surface area contributed by atoms with Crippen LogP contribution in [-0.2, 0) is 0 Å². The minimum Gasteiger partial charge on any atom is -0.244 e. The van der Waals surface area contributed by atoms with Crippen LogP contribution in [-0.4, -0.2) is 11.8 Å². The van der Waals surface area contributed by atoms with Crippen LogP contribution in [0.4, 0.5) is 8.78 Å². The Morgan fingerprint density at radius 1 is 1.07 bits per heavy atom. The molecule has 1 radical (unpaired) electrons. The summed E-state index contributed by atoms with van der Waals surface area (Å²) < 4.78 is 28.5. The molecule has 0 aromatic carbocycles. The summed E-state index contributed by atoms with van der Waals surface area (Å²) in [5.74, 6) is -0.172. The summed E-state index contributed by atoms with van der Waals surface area (Å²) in [4.78, 5) is 0. The van der Waals surface area contributed by atoms with Gasteiger partial charge in [0.25, 0.3) is 0 Å².